The molecule has 4 rings (SSSR count). The van der Waals surface area contributed by atoms with Crippen LogP contribution in [0.1, 0.15) is 11.6 Å². The predicted octanol–water partition coefficient (Wildman–Crippen LogP) is 6.43. The van der Waals surface area contributed by atoms with E-state index in [4.69, 9.17) is 0 Å². The molecule has 3 aromatic carbocycles. The molecule has 0 bridgehead atoms. The zero-order chi connectivity index (χ0) is 19.7. The van der Waals surface area contributed by atoms with E-state index in [9.17, 15) is 9.18 Å². The van der Waals surface area contributed by atoms with Crippen LogP contribution in [-0.4, -0.2) is 5.91 Å². The lowest BCUT2D eigenvalue weighted by atomic mass is 10.1. The minimum Gasteiger partial charge on any atom is -0.351 e. The lowest BCUT2D eigenvalue weighted by Crippen LogP contribution is -2.31. The maximum atomic E-state index is 14.5. The molecule has 28 heavy (non-hydrogen) atoms. The summed E-state index contributed by atoms with van der Waals surface area (Å²) in [5, 5.41) is 3.17. The van der Waals surface area contributed by atoms with E-state index in [0.717, 1.165) is 14.6 Å². The van der Waals surface area contributed by atoms with Gasteiger partial charge in [0.15, 0.2) is 0 Å². The zero-order valence-electron chi connectivity index (χ0n) is 14.6. The molecule has 0 unspecified atom stereocenters. The molecule has 3 nitrogen and oxygen atoms in total. The molecule has 1 aliphatic rings. The third-order valence-corrected chi connectivity index (χ3v) is 5.56. The van der Waals surface area contributed by atoms with E-state index in [2.05, 4.69) is 37.2 Å². The summed E-state index contributed by atoms with van der Waals surface area (Å²) in [6.45, 7) is 0. The quantitative estimate of drug-likeness (QED) is 0.446. The van der Waals surface area contributed by atoms with Crippen LogP contribution in [0.15, 0.2) is 93.5 Å². The molecule has 1 aliphatic heterocycles. The molecule has 0 fully saturated rings. The van der Waals surface area contributed by atoms with E-state index in [0.29, 0.717) is 16.9 Å². The lowest BCUT2D eigenvalue weighted by molar-refractivity contribution is -0.114. The van der Waals surface area contributed by atoms with E-state index in [1.54, 1.807) is 29.2 Å². The molecule has 0 aromatic heterocycles. The maximum Gasteiger partial charge on any atom is 0.275 e. The minimum atomic E-state index is -0.534. The molecular formula is C22H15Br2FN2O. The molecule has 0 aliphatic carbocycles. The van der Waals surface area contributed by atoms with Crippen molar-refractivity contribution in [2.24, 2.45) is 0 Å². The topological polar surface area (TPSA) is 32.3 Å². The van der Waals surface area contributed by atoms with E-state index in [1.807, 2.05) is 48.5 Å². The Kier molecular flexibility index (Phi) is 5.33. The number of anilines is 2. The summed E-state index contributed by atoms with van der Waals surface area (Å²) in [7, 11) is 0. The summed E-state index contributed by atoms with van der Waals surface area (Å²) in [5.74, 6) is -0.554. The first kappa shape index (κ1) is 18.9. The Balaban J connectivity index is 1.74. The summed E-state index contributed by atoms with van der Waals surface area (Å²) >= 11 is 6.81. The number of hydrogen-bond donors (Lipinski definition) is 1. The van der Waals surface area contributed by atoms with Crippen LogP contribution in [0, 0.1) is 5.82 Å². The second-order valence-electron chi connectivity index (χ2n) is 6.33. The smallest absolute Gasteiger partial charge is 0.275 e. The first-order valence-electron chi connectivity index (χ1n) is 8.61. The van der Waals surface area contributed by atoms with Crippen molar-refractivity contribution in [3.63, 3.8) is 0 Å². The van der Waals surface area contributed by atoms with E-state index in [-0.39, 0.29) is 11.7 Å². The molecule has 1 atom stereocenters. The molecular weight excluding hydrogens is 487 g/mol. The van der Waals surface area contributed by atoms with Gasteiger partial charge in [-0.3, -0.25) is 9.69 Å². The fraction of sp³-hybridized carbons (Fsp3) is 0.0455. The van der Waals surface area contributed by atoms with Crippen LogP contribution in [0.2, 0.25) is 0 Å². The van der Waals surface area contributed by atoms with Gasteiger partial charge in [0.05, 0.1) is 6.04 Å². The average Bonchev–Trinajstić information content (AvgIpc) is 3.01. The predicted molar refractivity (Wildman–Crippen MR) is 117 cm³/mol. The van der Waals surface area contributed by atoms with Gasteiger partial charge in [0.1, 0.15) is 11.5 Å². The number of halogens is 3. The number of hydrogen-bond acceptors (Lipinski definition) is 2. The Morgan fingerprint density at radius 3 is 2.11 bits per heavy atom. The van der Waals surface area contributed by atoms with Gasteiger partial charge in [-0.2, -0.15) is 0 Å². The number of nitrogens with zero attached hydrogens (tertiary/aromatic N) is 1. The van der Waals surface area contributed by atoms with Gasteiger partial charge < -0.3 is 5.32 Å². The van der Waals surface area contributed by atoms with Gasteiger partial charge in [-0.15, -0.1) is 0 Å². The third kappa shape index (κ3) is 3.75. The average molecular weight is 502 g/mol. The molecule has 0 radical (unpaired) electrons. The van der Waals surface area contributed by atoms with Crippen molar-refractivity contribution in [2.45, 2.75) is 6.04 Å². The van der Waals surface area contributed by atoms with E-state index in [1.165, 1.54) is 6.07 Å². The van der Waals surface area contributed by atoms with Gasteiger partial charge in [-0.25, -0.2) is 4.39 Å². The highest BCUT2D eigenvalue weighted by atomic mass is 79.9. The van der Waals surface area contributed by atoms with Crippen molar-refractivity contribution in [1.29, 1.82) is 0 Å². The highest BCUT2D eigenvalue weighted by molar-refractivity contribution is 9.10. The molecule has 1 heterocycles. The molecule has 0 saturated carbocycles. The number of carbonyl (C=O) groups is 1. The van der Waals surface area contributed by atoms with Crippen molar-refractivity contribution >= 4 is 49.1 Å². The third-order valence-electron chi connectivity index (χ3n) is 4.50. The summed E-state index contributed by atoms with van der Waals surface area (Å²) in [4.78, 5) is 14.8. The Bertz CT molecular complexity index is 1050. The van der Waals surface area contributed by atoms with Gasteiger partial charge >= 0.3 is 0 Å². The van der Waals surface area contributed by atoms with Crippen molar-refractivity contribution in [2.75, 3.05) is 10.2 Å². The van der Waals surface area contributed by atoms with Crippen LogP contribution in [-0.2, 0) is 4.79 Å². The largest absolute Gasteiger partial charge is 0.351 e. The Labute approximate surface area is 179 Å². The first-order chi connectivity index (χ1) is 13.5. The fourth-order valence-electron chi connectivity index (χ4n) is 3.17. The van der Waals surface area contributed by atoms with Crippen molar-refractivity contribution in [3.05, 3.63) is 105 Å². The SMILES string of the molecule is O=C1C(Nc2ccc(Br)cc2)=C[C@@H](c2ccccc2F)N1c1ccc(Br)cc1. The molecule has 1 N–H and O–H groups in total. The van der Waals surface area contributed by atoms with Crippen LogP contribution in [0.3, 0.4) is 0 Å². The first-order valence-corrected chi connectivity index (χ1v) is 10.2. The van der Waals surface area contributed by atoms with Crippen molar-refractivity contribution in [3.8, 4) is 0 Å². The Hall–Kier alpha value is -2.44. The Morgan fingerprint density at radius 2 is 1.46 bits per heavy atom. The van der Waals surface area contributed by atoms with Gasteiger partial charge in [0.25, 0.3) is 5.91 Å². The molecule has 0 saturated heterocycles. The van der Waals surface area contributed by atoms with Crippen molar-refractivity contribution in [1.82, 2.24) is 0 Å². The summed E-state index contributed by atoms with van der Waals surface area (Å²) in [6, 6.07) is 20.9. The second-order valence-corrected chi connectivity index (χ2v) is 8.16. The van der Waals surface area contributed by atoms with E-state index < -0.39 is 6.04 Å². The molecule has 3 aromatic rings. The van der Waals surface area contributed by atoms with Crippen LogP contribution < -0.4 is 10.2 Å². The number of amides is 1. The summed E-state index contributed by atoms with van der Waals surface area (Å²) in [6.07, 6.45) is 1.77. The Morgan fingerprint density at radius 1 is 0.857 bits per heavy atom. The number of benzene rings is 3. The lowest BCUT2D eigenvalue weighted by Gasteiger charge is -2.25. The molecule has 6 heteroatoms. The standard InChI is InChI=1S/C22H15Br2FN2O/c23-14-5-9-16(10-6-14)26-20-13-21(18-3-1-2-4-19(18)25)27(22(20)28)17-11-7-15(24)8-12-17/h1-13,21,26H/t21-/m0/s1. The van der Waals surface area contributed by atoms with Crippen LogP contribution in [0.4, 0.5) is 15.8 Å². The van der Waals surface area contributed by atoms with Crippen LogP contribution in [0.5, 0.6) is 0 Å². The minimum absolute atomic E-state index is 0.210. The summed E-state index contributed by atoms with van der Waals surface area (Å²) in [5.41, 5.74) is 2.35. The highest BCUT2D eigenvalue weighted by Crippen LogP contribution is 2.37. The monoisotopic (exact) mass is 500 g/mol. The van der Waals surface area contributed by atoms with Crippen molar-refractivity contribution < 1.29 is 9.18 Å². The zero-order valence-corrected chi connectivity index (χ0v) is 17.7. The van der Waals surface area contributed by atoms with Gasteiger partial charge in [0.2, 0.25) is 0 Å². The van der Waals surface area contributed by atoms with Gasteiger partial charge in [0, 0.05) is 25.9 Å². The number of nitrogens with one attached hydrogen (secondary N) is 1. The molecule has 0 spiro atoms. The van der Waals surface area contributed by atoms with Gasteiger partial charge in [-0.05, 0) is 60.7 Å². The normalized spacial score (nSPS) is 16.2. The maximum absolute atomic E-state index is 14.5. The second kappa shape index (κ2) is 7.89. The molecule has 140 valence electrons. The highest BCUT2D eigenvalue weighted by Gasteiger charge is 2.36. The van der Waals surface area contributed by atoms with Gasteiger partial charge in [-0.1, -0.05) is 50.1 Å². The number of rotatable bonds is 4. The van der Waals surface area contributed by atoms with Crippen LogP contribution in [0.25, 0.3) is 0 Å². The fourth-order valence-corrected chi connectivity index (χ4v) is 3.70. The number of carbonyl (C=O) groups excluding carboxylic acids is 1. The van der Waals surface area contributed by atoms with Crippen LogP contribution >= 0.6 is 31.9 Å². The van der Waals surface area contributed by atoms with E-state index >= 15 is 0 Å². The summed E-state index contributed by atoms with van der Waals surface area (Å²) < 4.78 is 16.4. The molecule has 1 amide bonds.